The van der Waals surface area contributed by atoms with Crippen LogP contribution in [0.2, 0.25) is 5.28 Å². The van der Waals surface area contributed by atoms with Crippen molar-refractivity contribution in [3.63, 3.8) is 0 Å². The predicted molar refractivity (Wildman–Crippen MR) is 154 cm³/mol. The molecule has 7 rings (SSSR count). The average molecular weight is 494 g/mol. The quantitative estimate of drug-likeness (QED) is 0.246. The van der Waals surface area contributed by atoms with E-state index in [1.54, 1.807) is 0 Å². The molecule has 0 saturated heterocycles. The third-order valence-corrected chi connectivity index (χ3v) is 7.01. The molecule has 0 amide bonds. The number of nitrogens with zero attached hydrogens (tertiary/aromatic N) is 3. The smallest absolute Gasteiger partial charge is 0.208 e. The zero-order chi connectivity index (χ0) is 24.8. The molecule has 6 aromatic carbocycles. The highest BCUT2D eigenvalue weighted by Crippen LogP contribution is 2.33. The van der Waals surface area contributed by atoms with Gasteiger partial charge in [0.25, 0.3) is 0 Å². The molecule has 1 heterocycles. The summed E-state index contributed by atoms with van der Waals surface area (Å²) in [6.07, 6.45) is 0. The monoisotopic (exact) mass is 493 g/mol. The van der Waals surface area contributed by atoms with E-state index in [0.717, 1.165) is 32.7 Å². The van der Waals surface area contributed by atoms with Crippen molar-refractivity contribution in [2.45, 2.75) is 0 Å². The van der Waals surface area contributed by atoms with Gasteiger partial charge in [-0.05, 0) is 67.2 Å². The lowest BCUT2D eigenvalue weighted by Gasteiger charge is -2.10. The summed E-state index contributed by atoms with van der Waals surface area (Å²) in [5.41, 5.74) is 4.26. The first-order valence-electron chi connectivity index (χ1n) is 12.1. The van der Waals surface area contributed by atoms with Crippen LogP contribution in [0.3, 0.4) is 0 Å². The fourth-order valence-corrected chi connectivity index (χ4v) is 5.21. The standard InChI is InChI=1S/C33H20ClN3/c34-33-36-31(35-32(37-33)30-14-6-10-22-8-2-4-12-28(22)30)26-18-16-23-19-25(17-15-24(23)20-26)29-13-5-9-21-7-1-3-11-27(21)29/h1-20H. The molecule has 7 aromatic rings. The van der Waals surface area contributed by atoms with Gasteiger partial charge in [-0.1, -0.05) is 109 Å². The molecule has 0 atom stereocenters. The highest BCUT2D eigenvalue weighted by molar-refractivity contribution is 6.28. The van der Waals surface area contributed by atoms with Crippen molar-refractivity contribution in [3.8, 4) is 33.9 Å². The lowest BCUT2D eigenvalue weighted by molar-refractivity contribution is 1.07. The van der Waals surface area contributed by atoms with Gasteiger partial charge in [-0.3, -0.25) is 0 Å². The highest BCUT2D eigenvalue weighted by atomic mass is 35.5. The largest absolute Gasteiger partial charge is 0.226 e. The van der Waals surface area contributed by atoms with Crippen molar-refractivity contribution in [2.24, 2.45) is 0 Å². The number of rotatable bonds is 3. The van der Waals surface area contributed by atoms with Gasteiger partial charge in [-0.15, -0.1) is 0 Å². The maximum Gasteiger partial charge on any atom is 0.226 e. The van der Waals surface area contributed by atoms with Crippen LogP contribution in [0.15, 0.2) is 121 Å². The SMILES string of the molecule is Clc1nc(-c2ccc3cc(-c4cccc5ccccc45)ccc3c2)nc(-c2cccc3ccccc23)n1. The Balaban J connectivity index is 1.31. The molecule has 0 fully saturated rings. The second-order valence-corrected chi connectivity index (χ2v) is 9.42. The molecule has 0 bridgehead atoms. The molecule has 0 radical (unpaired) electrons. The molecule has 0 spiro atoms. The minimum Gasteiger partial charge on any atom is -0.208 e. The number of hydrogen-bond donors (Lipinski definition) is 0. The molecule has 0 N–H and O–H groups in total. The van der Waals surface area contributed by atoms with E-state index in [4.69, 9.17) is 16.6 Å². The first-order chi connectivity index (χ1) is 18.2. The zero-order valence-electron chi connectivity index (χ0n) is 19.8. The predicted octanol–water partition coefficient (Wildman–Crippen LogP) is 8.99. The molecular formula is C33H20ClN3. The van der Waals surface area contributed by atoms with Gasteiger partial charge in [-0.25, -0.2) is 4.98 Å². The fourth-order valence-electron chi connectivity index (χ4n) is 5.05. The van der Waals surface area contributed by atoms with Gasteiger partial charge < -0.3 is 0 Å². The lowest BCUT2D eigenvalue weighted by Crippen LogP contribution is -1.97. The first-order valence-corrected chi connectivity index (χ1v) is 12.5. The van der Waals surface area contributed by atoms with Crippen LogP contribution in [0.5, 0.6) is 0 Å². The van der Waals surface area contributed by atoms with Crippen LogP contribution in [0.25, 0.3) is 66.2 Å². The molecule has 3 nitrogen and oxygen atoms in total. The minimum atomic E-state index is 0.180. The Kier molecular flexibility index (Phi) is 5.16. The van der Waals surface area contributed by atoms with Crippen LogP contribution in [0, 0.1) is 0 Å². The Morgan fingerprint density at radius 1 is 0.405 bits per heavy atom. The van der Waals surface area contributed by atoms with E-state index >= 15 is 0 Å². The average Bonchev–Trinajstić information content (AvgIpc) is 2.95. The molecule has 0 aliphatic heterocycles. The first kappa shape index (κ1) is 21.7. The van der Waals surface area contributed by atoms with Crippen LogP contribution in [0.1, 0.15) is 0 Å². The lowest BCUT2D eigenvalue weighted by atomic mass is 9.96. The Hall–Kier alpha value is -4.60. The molecule has 0 unspecified atom stereocenters. The van der Waals surface area contributed by atoms with E-state index in [1.807, 2.05) is 30.3 Å². The van der Waals surface area contributed by atoms with Crippen LogP contribution in [0.4, 0.5) is 0 Å². The summed E-state index contributed by atoms with van der Waals surface area (Å²) in [6, 6.07) is 42.1. The normalized spacial score (nSPS) is 11.4. The van der Waals surface area contributed by atoms with Crippen molar-refractivity contribution >= 4 is 43.9 Å². The number of fused-ring (bicyclic) bond motifs is 3. The third kappa shape index (κ3) is 3.90. The minimum absolute atomic E-state index is 0.180. The number of aromatic nitrogens is 3. The topological polar surface area (TPSA) is 38.7 Å². The maximum atomic E-state index is 6.39. The molecular weight excluding hydrogens is 474 g/mol. The zero-order valence-corrected chi connectivity index (χ0v) is 20.5. The molecule has 0 aliphatic rings. The molecule has 4 heteroatoms. The third-order valence-electron chi connectivity index (χ3n) is 6.84. The van der Waals surface area contributed by atoms with E-state index in [2.05, 4.69) is 101 Å². The molecule has 174 valence electrons. The Morgan fingerprint density at radius 3 is 1.68 bits per heavy atom. The van der Waals surface area contributed by atoms with Crippen LogP contribution >= 0.6 is 11.6 Å². The maximum absolute atomic E-state index is 6.39. The summed E-state index contributed by atoms with van der Waals surface area (Å²) in [7, 11) is 0. The summed E-state index contributed by atoms with van der Waals surface area (Å²) in [6.45, 7) is 0. The van der Waals surface area contributed by atoms with Gasteiger partial charge in [0.15, 0.2) is 11.6 Å². The van der Waals surface area contributed by atoms with Gasteiger partial charge in [0.05, 0.1) is 0 Å². The summed E-state index contributed by atoms with van der Waals surface area (Å²) in [4.78, 5) is 13.7. The van der Waals surface area contributed by atoms with Crippen molar-refractivity contribution in [1.82, 2.24) is 15.0 Å². The van der Waals surface area contributed by atoms with E-state index in [1.165, 1.54) is 21.9 Å². The van der Waals surface area contributed by atoms with E-state index in [-0.39, 0.29) is 5.28 Å². The van der Waals surface area contributed by atoms with Crippen LogP contribution in [-0.2, 0) is 0 Å². The summed E-state index contributed by atoms with van der Waals surface area (Å²) in [5, 5.41) is 7.15. The molecule has 0 aliphatic carbocycles. The summed E-state index contributed by atoms with van der Waals surface area (Å²) < 4.78 is 0. The Labute approximate surface area is 219 Å². The van der Waals surface area contributed by atoms with E-state index < -0.39 is 0 Å². The van der Waals surface area contributed by atoms with Gasteiger partial charge in [-0.2, -0.15) is 9.97 Å². The Bertz CT molecular complexity index is 1950. The Morgan fingerprint density at radius 2 is 0.946 bits per heavy atom. The molecule has 1 aromatic heterocycles. The van der Waals surface area contributed by atoms with E-state index in [0.29, 0.717) is 11.6 Å². The van der Waals surface area contributed by atoms with Crippen LogP contribution < -0.4 is 0 Å². The fraction of sp³-hybridized carbons (Fsp3) is 0. The second-order valence-electron chi connectivity index (χ2n) is 9.08. The highest BCUT2D eigenvalue weighted by Gasteiger charge is 2.13. The number of hydrogen-bond acceptors (Lipinski definition) is 3. The summed E-state index contributed by atoms with van der Waals surface area (Å²) in [5.74, 6) is 1.13. The molecule has 0 saturated carbocycles. The van der Waals surface area contributed by atoms with Gasteiger partial charge in [0, 0.05) is 11.1 Å². The van der Waals surface area contributed by atoms with Crippen molar-refractivity contribution < 1.29 is 0 Å². The van der Waals surface area contributed by atoms with Crippen LogP contribution in [-0.4, -0.2) is 15.0 Å². The van der Waals surface area contributed by atoms with Crippen molar-refractivity contribution in [2.75, 3.05) is 0 Å². The van der Waals surface area contributed by atoms with Gasteiger partial charge in [0.2, 0.25) is 5.28 Å². The van der Waals surface area contributed by atoms with E-state index in [9.17, 15) is 0 Å². The summed E-state index contributed by atoms with van der Waals surface area (Å²) >= 11 is 6.39. The van der Waals surface area contributed by atoms with Crippen molar-refractivity contribution in [3.05, 3.63) is 127 Å². The number of benzene rings is 6. The molecule has 37 heavy (non-hydrogen) atoms. The number of halogens is 1. The van der Waals surface area contributed by atoms with Gasteiger partial charge in [0.1, 0.15) is 0 Å². The second kappa shape index (κ2) is 8.81. The van der Waals surface area contributed by atoms with Crippen molar-refractivity contribution in [1.29, 1.82) is 0 Å². The van der Waals surface area contributed by atoms with Gasteiger partial charge >= 0.3 is 0 Å².